The van der Waals surface area contributed by atoms with Gasteiger partial charge in [-0.2, -0.15) is 0 Å². The molecule has 0 aliphatic carbocycles. The predicted octanol–water partition coefficient (Wildman–Crippen LogP) is 3.56. The van der Waals surface area contributed by atoms with Gasteiger partial charge in [-0.3, -0.25) is 5.32 Å². The van der Waals surface area contributed by atoms with Gasteiger partial charge in [0, 0.05) is 11.4 Å². The van der Waals surface area contributed by atoms with Gasteiger partial charge in [0.25, 0.3) is 0 Å². The lowest BCUT2D eigenvalue weighted by Gasteiger charge is -2.36. The van der Waals surface area contributed by atoms with Crippen molar-refractivity contribution in [1.82, 2.24) is 5.32 Å². The summed E-state index contributed by atoms with van der Waals surface area (Å²) in [5, 5.41) is 5.47. The molecule has 0 spiro atoms. The van der Waals surface area contributed by atoms with Gasteiger partial charge in [-0.1, -0.05) is 50.2 Å². The van der Waals surface area contributed by atoms with E-state index in [0.717, 1.165) is 5.56 Å². The highest BCUT2D eigenvalue weighted by molar-refractivity contribution is 7.09. The maximum absolute atomic E-state index is 12.6. The van der Waals surface area contributed by atoms with Crippen molar-refractivity contribution < 1.29 is 9.53 Å². The van der Waals surface area contributed by atoms with Crippen molar-refractivity contribution in [3.05, 3.63) is 58.3 Å². The van der Waals surface area contributed by atoms with Gasteiger partial charge in [0.2, 0.25) is 0 Å². The number of hydrogen-bond acceptors (Lipinski definition) is 4. The summed E-state index contributed by atoms with van der Waals surface area (Å²) in [6.07, 6.45) is 0. The molecule has 1 atom stereocenters. The third-order valence-corrected chi connectivity index (χ3v) is 4.60. The summed E-state index contributed by atoms with van der Waals surface area (Å²) in [6, 6.07) is 13.9. The largest absolute Gasteiger partial charge is 0.467 e. The van der Waals surface area contributed by atoms with Gasteiger partial charge < -0.3 is 4.74 Å². The van der Waals surface area contributed by atoms with E-state index >= 15 is 0 Å². The number of nitrogens with one attached hydrogen (secondary N) is 1. The summed E-state index contributed by atoms with van der Waals surface area (Å²) in [4.78, 5) is 13.7. The van der Waals surface area contributed by atoms with E-state index in [1.54, 1.807) is 11.3 Å². The first kappa shape index (κ1) is 15.7. The standard InChI is InChI=1S/C17H21NO2S/c1-13(2)17(16(19)20-3,14-8-5-4-6-9-14)18-12-15-10-7-11-21-15/h4-11,13,18H,12H2,1-3H3. The predicted molar refractivity (Wildman–Crippen MR) is 86.1 cm³/mol. The number of ether oxygens (including phenoxy) is 1. The van der Waals surface area contributed by atoms with Crippen molar-refractivity contribution in [3.8, 4) is 0 Å². The molecule has 112 valence electrons. The minimum Gasteiger partial charge on any atom is -0.467 e. The van der Waals surface area contributed by atoms with Crippen LogP contribution in [0.2, 0.25) is 0 Å². The molecule has 0 amide bonds. The zero-order chi connectivity index (χ0) is 15.3. The number of benzene rings is 1. The molecule has 0 bridgehead atoms. The third kappa shape index (κ3) is 3.17. The zero-order valence-electron chi connectivity index (χ0n) is 12.6. The van der Waals surface area contributed by atoms with Gasteiger partial charge in [0.05, 0.1) is 7.11 Å². The monoisotopic (exact) mass is 303 g/mol. The number of rotatable bonds is 6. The lowest BCUT2D eigenvalue weighted by molar-refractivity contribution is -0.151. The summed E-state index contributed by atoms with van der Waals surface area (Å²) >= 11 is 1.68. The molecular formula is C17H21NO2S. The van der Waals surface area contributed by atoms with Crippen LogP contribution in [0.15, 0.2) is 47.8 Å². The molecule has 0 fully saturated rings. The minimum atomic E-state index is -0.833. The van der Waals surface area contributed by atoms with E-state index in [1.165, 1.54) is 12.0 Å². The first-order valence-electron chi connectivity index (χ1n) is 7.02. The van der Waals surface area contributed by atoms with E-state index in [2.05, 4.69) is 11.4 Å². The first-order valence-corrected chi connectivity index (χ1v) is 7.90. The third-order valence-electron chi connectivity index (χ3n) is 3.72. The molecule has 21 heavy (non-hydrogen) atoms. The van der Waals surface area contributed by atoms with E-state index < -0.39 is 5.54 Å². The Morgan fingerprint density at radius 3 is 2.48 bits per heavy atom. The molecule has 1 unspecified atom stereocenters. The molecule has 4 heteroatoms. The highest BCUT2D eigenvalue weighted by Gasteiger charge is 2.44. The second-order valence-corrected chi connectivity index (χ2v) is 6.29. The molecular weight excluding hydrogens is 282 g/mol. The Balaban J connectivity index is 2.38. The topological polar surface area (TPSA) is 38.3 Å². The lowest BCUT2D eigenvalue weighted by atomic mass is 9.79. The molecule has 0 aliphatic heterocycles. The first-order chi connectivity index (χ1) is 10.1. The fourth-order valence-corrected chi connectivity index (χ4v) is 3.21. The Kier molecular flexibility index (Phi) is 5.15. The van der Waals surface area contributed by atoms with Gasteiger partial charge >= 0.3 is 5.97 Å². The zero-order valence-corrected chi connectivity index (χ0v) is 13.4. The molecule has 3 nitrogen and oxygen atoms in total. The number of hydrogen-bond donors (Lipinski definition) is 1. The van der Waals surface area contributed by atoms with Crippen molar-refractivity contribution in [1.29, 1.82) is 0 Å². The van der Waals surface area contributed by atoms with Crippen molar-refractivity contribution in [3.63, 3.8) is 0 Å². The SMILES string of the molecule is COC(=O)C(NCc1cccs1)(c1ccccc1)C(C)C. The van der Waals surface area contributed by atoms with E-state index in [0.29, 0.717) is 6.54 Å². The Bertz CT molecular complexity index is 566. The number of carbonyl (C=O) groups is 1. The number of methoxy groups -OCH3 is 1. The molecule has 1 aromatic carbocycles. The maximum atomic E-state index is 12.6. The van der Waals surface area contributed by atoms with Crippen LogP contribution >= 0.6 is 11.3 Å². The van der Waals surface area contributed by atoms with Crippen LogP contribution < -0.4 is 5.32 Å². The summed E-state index contributed by atoms with van der Waals surface area (Å²) in [7, 11) is 1.44. The van der Waals surface area contributed by atoms with Crippen LogP contribution in [-0.4, -0.2) is 13.1 Å². The van der Waals surface area contributed by atoms with E-state index in [-0.39, 0.29) is 11.9 Å². The van der Waals surface area contributed by atoms with Crippen molar-refractivity contribution in [2.75, 3.05) is 7.11 Å². The Hall–Kier alpha value is -1.65. The smallest absolute Gasteiger partial charge is 0.331 e. The lowest BCUT2D eigenvalue weighted by Crippen LogP contribution is -2.53. The number of esters is 1. The minimum absolute atomic E-state index is 0.0623. The van der Waals surface area contributed by atoms with Crippen molar-refractivity contribution >= 4 is 17.3 Å². The van der Waals surface area contributed by atoms with Crippen LogP contribution in [0.4, 0.5) is 0 Å². The van der Waals surface area contributed by atoms with E-state index in [1.807, 2.05) is 55.6 Å². The van der Waals surface area contributed by atoms with Gasteiger partial charge in [-0.05, 0) is 22.9 Å². The number of thiophene rings is 1. The van der Waals surface area contributed by atoms with Gasteiger partial charge in [-0.15, -0.1) is 11.3 Å². The van der Waals surface area contributed by atoms with Crippen LogP contribution in [0.25, 0.3) is 0 Å². The van der Waals surface area contributed by atoms with E-state index in [9.17, 15) is 4.79 Å². The van der Waals surface area contributed by atoms with Crippen LogP contribution in [0.5, 0.6) is 0 Å². The van der Waals surface area contributed by atoms with Crippen molar-refractivity contribution in [2.24, 2.45) is 5.92 Å². The second kappa shape index (κ2) is 6.87. The molecule has 0 radical (unpaired) electrons. The second-order valence-electron chi connectivity index (χ2n) is 5.25. The summed E-state index contributed by atoms with van der Waals surface area (Å²) in [5.74, 6) is -0.187. The summed E-state index contributed by atoms with van der Waals surface area (Å²) in [6.45, 7) is 4.70. The molecule has 1 heterocycles. The van der Waals surface area contributed by atoms with E-state index in [4.69, 9.17) is 4.74 Å². The molecule has 1 aromatic heterocycles. The summed E-state index contributed by atoms with van der Waals surface area (Å²) in [5.41, 5.74) is 0.100. The Morgan fingerprint density at radius 1 is 1.24 bits per heavy atom. The molecule has 1 N–H and O–H groups in total. The average Bonchev–Trinajstić information content (AvgIpc) is 3.01. The maximum Gasteiger partial charge on any atom is 0.331 e. The molecule has 0 saturated carbocycles. The number of carbonyl (C=O) groups excluding carboxylic acids is 1. The quantitative estimate of drug-likeness (QED) is 0.829. The van der Waals surface area contributed by atoms with Gasteiger partial charge in [0.1, 0.15) is 5.54 Å². The average molecular weight is 303 g/mol. The highest BCUT2D eigenvalue weighted by Crippen LogP contribution is 2.32. The normalized spacial score (nSPS) is 13.9. The highest BCUT2D eigenvalue weighted by atomic mass is 32.1. The fraction of sp³-hybridized carbons (Fsp3) is 0.353. The van der Waals surface area contributed by atoms with Crippen LogP contribution in [0, 0.1) is 5.92 Å². The molecule has 0 aliphatic rings. The van der Waals surface area contributed by atoms with Crippen LogP contribution in [0.3, 0.4) is 0 Å². The van der Waals surface area contributed by atoms with Gasteiger partial charge in [0.15, 0.2) is 0 Å². The Labute approximate surface area is 130 Å². The molecule has 2 rings (SSSR count). The summed E-state index contributed by atoms with van der Waals surface area (Å²) < 4.78 is 5.10. The fourth-order valence-electron chi connectivity index (χ4n) is 2.57. The Morgan fingerprint density at radius 2 is 1.95 bits per heavy atom. The molecule has 2 aromatic rings. The van der Waals surface area contributed by atoms with Crippen molar-refractivity contribution in [2.45, 2.75) is 25.9 Å². The van der Waals surface area contributed by atoms with Gasteiger partial charge in [-0.25, -0.2) is 4.79 Å². The van der Waals surface area contributed by atoms with Crippen LogP contribution in [-0.2, 0) is 21.6 Å². The van der Waals surface area contributed by atoms with Crippen LogP contribution in [0.1, 0.15) is 24.3 Å². The molecule has 0 saturated heterocycles.